The average molecular weight is 444 g/mol. The molecular formula is C29H37NOSi. The summed E-state index contributed by atoms with van der Waals surface area (Å²) in [5.41, 5.74) is 11.9. The van der Waals surface area contributed by atoms with E-state index in [4.69, 9.17) is 10.2 Å². The highest BCUT2D eigenvalue weighted by Gasteiger charge is 2.52. The van der Waals surface area contributed by atoms with E-state index in [1.807, 2.05) is 0 Å². The summed E-state index contributed by atoms with van der Waals surface area (Å²) in [6.07, 6.45) is 2.09. The van der Waals surface area contributed by atoms with E-state index in [1.54, 1.807) is 0 Å². The molecule has 0 aliphatic rings. The van der Waals surface area contributed by atoms with Crippen molar-refractivity contribution in [2.75, 3.05) is 6.54 Å². The molecule has 0 aromatic heterocycles. The van der Waals surface area contributed by atoms with Crippen molar-refractivity contribution in [3.63, 3.8) is 0 Å². The molecule has 2 nitrogen and oxygen atoms in total. The Labute approximate surface area is 195 Å². The monoisotopic (exact) mass is 443 g/mol. The molecule has 32 heavy (non-hydrogen) atoms. The second-order valence-corrected chi connectivity index (χ2v) is 13.9. The van der Waals surface area contributed by atoms with E-state index in [0.29, 0.717) is 6.54 Å². The number of allylic oxidation sites excluding steroid dienone is 1. The highest BCUT2D eigenvalue weighted by Crippen LogP contribution is 2.41. The summed E-state index contributed by atoms with van der Waals surface area (Å²) in [6, 6.07) is 23.9. The van der Waals surface area contributed by atoms with E-state index in [2.05, 4.69) is 121 Å². The number of hydrogen-bond acceptors (Lipinski definition) is 2. The van der Waals surface area contributed by atoms with Crippen LogP contribution in [0.1, 0.15) is 49.9 Å². The maximum atomic E-state index is 7.40. The van der Waals surface area contributed by atoms with Gasteiger partial charge < -0.3 is 10.2 Å². The summed E-state index contributed by atoms with van der Waals surface area (Å²) in [5, 5.41) is 2.49. The van der Waals surface area contributed by atoms with Crippen molar-refractivity contribution in [3.8, 4) is 5.75 Å². The lowest BCUT2D eigenvalue weighted by molar-refractivity contribution is 0.501. The summed E-state index contributed by atoms with van der Waals surface area (Å²) in [7, 11) is -2.69. The smallest absolute Gasteiger partial charge is 0.319 e. The SMILES string of the molecule is CC(=CCN)c1c(C)cc(C)c(O[Si](c2ccccc2)(c2ccccc2)C(C)(C)C)c1C. The van der Waals surface area contributed by atoms with Gasteiger partial charge in [-0.05, 0) is 70.9 Å². The van der Waals surface area contributed by atoms with Crippen LogP contribution in [-0.4, -0.2) is 14.9 Å². The van der Waals surface area contributed by atoms with Gasteiger partial charge >= 0.3 is 8.32 Å². The van der Waals surface area contributed by atoms with E-state index >= 15 is 0 Å². The van der Waals surface area contributed by atoms with Gasteiger partial charge in [0.2, 0.25) is 0 Å². The van der Waals surface area contributed by atoms with Crippen LogP contribution in [0.5, 0.6) is 5.75 Å². The summed E-state index contributed by atoms with van der Waals surface area (Å²) in [4.78, 5) is 0. The van der Waals surface area contributed by atoms with E-state index in [-0.39, 0.29) is 5.04 Å². The highest BCUT2D eigenvalue weighted by molar-refractivity contribution is 7.00. The van der Waals surface area contributed by atoms with Crippen molar-refractivity contribution in [1.29, 1.82) is 0 Å². The zero-order valence-corrected chi connectivity index (χ0v) is 21.6. The lowest BCUT2D eigenvalue weighted by Crippen LogP contribution is -2.69. The molecule has 0 unspecified atom stereocenters. The number of hydrogen-bond donors (Lipinski definition) is 1. The zero-order valence-electron chi connectivity index (χ0n) is 20.6. The van der Waals surface area contributed by atoms with Gasteiger partial charge in [-0.15, -0.1) is 0 Å². The third-order valence-corrected chi connectivity index (χ3v) is 11.3. The number of benzene rings is 3. The highest BCUT2D eigenvalue weighted by atomic mass is 28.4. The molecule has 0 amide bonds. The Bertz CT molecular complexity index is 1060. The van der Waals surface area contributed by atoms with Gasteiger partial charge in [0.25, 0.3) is 0 Å². The van der Waals surface area contributed by atoms with Crippen LogP contribution in [0, 0.1) is 20.8 Å². The van der Waals surface area contributed by atoms with Crippen LogP contribution in [0.3, 0.4) is 0 Å². The molecule has 0 spiro atoms. The first-order chi connectivity index (χ1) is 15.1. The Kier molecular flexibility index (Phi) is 7.11. The maximum absolute atomic E-state index is 7.40. The number of rotatable bonds is 6. The Balaban J connectivity index is 2.35. The van der Waals surface area contributed by atoms with Crippen molar-refractivity contribution in [2.24, 2.45) is 5.73 Å². The molecule has 0 fully saturated rings. The van der Waals surface area contributed by atoms with Crippen LogP contribution in [0.15, 0.2) is 72.8 Å². The van der Waals surface area contributed by atoms with Crippen molar-refractivity contribution >= 4 is 24.3 Å². The molecule has 3 rings (SSSR count). The number of nitrogens with two attached hydrogens (primary N) is 1. The normalized spacial score (nSPS) is 12.7. The summed E-state index contributed by atoms with van der Waals surface area (Å²) in [5.74, 6) is 1.00. The van der Waals surface area contributed by atoms with Crippen molar-refractivity contribution in [2.45, 2.75) is 53.5 Å². The predicted octanol–water partition coefficient (Wildman–Crippen LogP) is 5.91. The summed E-state index contributed by atoms with van der Waals surface area (Å²) in [6.45, 7) is 16.2. The van der Waals surface area contributed by atoms with E-state index < -0.39 is 8.32 Å². The largest absolute Gasteiger partial charge is 0.534 e. The first-order valence-corrected chi connectivity index (χ1v) is 13.3. The lowest BCUT2D eigenvalue weighted by atomic mass is 9.93. The number of aryl methyl sites for hydroxylation is 2. The molecular weight excluding hydrogens is 406 g/mol. The van der Waals surface area contributed by atoms with Gasteiger partial charge in [0.05, 0.1) is 0 Å². The molecule has 0 saturated carbocycles. The van der Waals surface area contributed by atoms with Crippen LogP contribution in [-0.2, 0) is 0 Å². The fourth-order valence-electron chi connectivity index (χ4n) is 5.01. The lowest BCUT2D eigenvalue weighted by Gasteiger charge is -2.43. The van der Waals surface area contributed by atoms with Gasteiger partial charge in [0, 0.05) is 6.54 Å². The standard InChI is InChI=1S/C29H37NOSi/c1-21(18-19-30)27-22(2)20-23(3)28(24(27)4)31-32(29(5,6)7,25-14-10-8-11-15-25)26-16-12-9-13-17-26/h8-18,20H,19,30H2,1-7H3. The van der Waals surface area contributed by atoms with Crippen LogP contribution in [0.2, 0.25) is 5.04 Å². The molecule has 2 N–H and O–H groups in total. The van der Waals surface area contributed by atoms with Crippen LogP contribution in [0.25, 0.3) is 5.57 Å². The fraction of sp³-hybridized carbons (Fsp3) is 0.310. The van der Waals surface area contributed by atoms with Crippen molar-refractivity contribution < 1.29 is 4.43 Å². The summed E-state index contributed by atoms with van der Waals surface area (Å²) >= 11 is 0. The van der Waals surface area contributed by atoms with Gasteiger partial charge in [-0.2, -0.15) is 0 Å². The van der Waals surface area contributed by atoms with Gasteiger partial charge in [0.1, 0.15) is 5.75 Å². The van der Waals surface area contributed by atoms with Gasteiger partial charge in [0.15, 0.2) is 0 Å². The van der Waals surface area contributed by atoms with E-state index in [1.165, 1.54) is 38.2 Å². The maximum Gasteiger partial charge on any atom is 0.319 e. The Hall–Kier alpha value is -2.62. The average Bonchev–Trinajstić information content (AvgIpc) is 2.74. The molecule has 0 saturated heterocycles. The molecule has 0 heterocycles. The van der Waals surface area contributed by atoms with Crippen LogP contribution < -0.4 is 20.5 Å². The van der Waals surface area contributed by atoms with Crippen LogP contribution in [0.4, 0.5) is 0 Å². The minimum atomic E-state index is -2.69. The zero-order chi connectivity index (χ0) is 23.5. The molecule has 0 bridgehead atoms. The van der Waals surface area contributed by atoms with Crippen LogP contribution >= 0.6 is 0 Å². The third-order valence-electron chi connectivity index (χ3n) is 6.39. The molecule has 0 atom stereocenters. The molecule has 0 aliphatic carbocycles. The second kappa shape index (κ2) is 9.48. The van der Waals surface area contributed by atoms with Gasteiger partial charge in [-0.3, -0.25) is 0 Å². The quantitative estimate of drug-likeness (QED) is 0.481. The second-order valence-electron chi connectivity index (χ2n) is 9.73. The van der Waals surface area contributed by atoms with Crippen molar-refractivity contribution in [1.82, 2.24) is 0 Å². The molecule has 0 aliphatic heterocycles. The van der Waals surface area contributed by atoms with Crippen molar-refractivity contribution in [3.05, 3.63) is 95.1 Å². The van der Waals surface area contributed by atoms with E-state index in [9.17, 15) is 0 Å². The molecule has 168 valence electrons. The third kappa shape index (κ3) is 4.32. The minimum Gasteiger partial charge on any atom is -0.534 e. The molecule has 3 aromatic carbocycles. The Morgan fingerprint density at radius 2 is 1.38 bits per heavy atom. The van der Waals surface area contributed by atoms with Gasteiger partial charge in [-0.25, -0.2) is 0 Å². The molecule has 3 heteroatoms. The van der Waals surface area contributed by atoms with E-state index in [0.717, 1.165) is 5.75 Å². The predicted molar refractivity (Wildman–Crippen MR) is 142 cm³/mol. The first-order valence-electron chi connectivity index (χ1n) is 11.4. The molecule has 3 aromatic rings. The minimum absolute atomic E-state index is 0.0816. The Morgan fingerprint density at radius 1 is 0.875 bits per heavy atom. The van der Waals surface area contributed by atoms with Gasteiger partial charge in [-0.1, -0.05) is 93.6 Å². The fourth-order valence-corrected chi connectivity index (χ4v) is 9.56. The first kappa shape index (κ1) is 24.0. The summed E-state index contributed by atoms with van der Waals surface area (Å²) < 4.78 is 7.40. The molecule has 0 radical (unpaired) electrons. The Morgan fingerprint density at radius 3 is 1.81 bits per heavy atom. The topological polar surface area (TPSA) is 35.2 Å².